The summed E-state index contributed by atoms with van der Waals surface area (Å²) in [5, 5.41) is 30.8. The summed E-state index contributed by atoms with van der Waals surface area (Å²) in [5.74, 6) is 2.55. The Hall–Kier alpha value is -0.610. The zero-order valence-electron chi connectivity index (χ0n) is 20.2. The van der Waals surface area contributed by atoms with Gasteiger partial charge in [0.15, 0.2) is 0 Å². The molecule has 4 aliphatic rings. The molecule has 4 saturated carbocycles. The standard InChI is InChI=1S/C27H46O4/c1-16(6-5-7-17(2)25(30)31)20-8-9-21-24-22(11-13-27(20,21)4)26(3)12-10-19(28)14-18(26)15-23(24)29/h16-24,28-29H,5-15H2,1-4H3,(H,30,31)/t16-,17?,18+,19-,20-,21+,22+,23+,24+,26+,27-/m1/s1. The summed E-state index contributed by atoms with van der Waals surface area (Å²) in [4.78, 5) is 11.1. The van der Waals surface area contributed by atoms with E-state index in [0.717, 1.165) is 44.9 Å². The Morgan fingerprint density at radius 3 is 2.32 bits per heavy atom. The fourth-order valence-corrected chi connectivity index (χ4v) is 9.25. The molecule has 4 aliphatic carbocycles. The minimum Gasteiger partial charge on any atom is -0.481 e. The van der Waals surface area contributed by atoms with Crippen molar-refractivity contribution in [1.82, 2.24) is 0 Å². The molecular weight excluding hydrogens is 388 g/mol. The molecule has 0 aliphatic heterocycles. The highest BCUT2D eigenvalue weighted by molar-refractivity contribution is 5.69. The van der Waals surface area contributed by atoms with Crippen molar-refractivity contribution in [3.05, 3.63) is 0 Å². The van der Waals surface area contributed by atoms with E-state index in [1.165, 1.54) is 25.7 Å². The van der Waals surface area contributed by atoms with E-state index in [9.17, 15) is 15.0 Å². The highest BCUT2D eigenvalue weighted by Crippen LogP contribution is 2.68. The lowest BCUT2D eigenvalue weighted by molar-refractivity contribution is -0.174. The van der Waals surface area contributed by atoms with Crippen LogP contribution in [0.4, 0.5) is 0 Å². The molecule has 3 N–H and O–H groups in total. The average molecular weight is 435 g/mol. The monoisotopic (exact) mass is 434 g/mol. The van der Waals surface area contributed by atoms with Crippen LogP contribution in [0.3, 0.4) is 0 Å². The Labute approximate surface area is 189 Å². The van der Waals surface area contributed by atoms with Crippen molar-refractivity contribution in [1.29, 1.82) is 0 Å². The Bertz CT molecular complexity index is 664. The first-order valence-corrected chi connectivity index (χ1v) is 13.2. The molecule has 4 heteroatoms. The summed E-state index contributed by atoms with van der Waals surface area (Å²) in [6.07, 6.45) is 11.4. The van der Waals surface area contributed by atoms with Gasteiger partial charge >= 0.3 is 5.97 Å². The van der Waals surface area contributed by atoms with Gasteiger partial charge in [0.25, 0.3) is 0 Å². The van der Waals surface area contributed by atoms with Crippen molar-refractivity contribution in [3.63, 3.8) is 0 Å². The molecule has 11 atom stereocenters. The van der Waals surface area contributed by atoms with Gasteiger partial charge in [-0.05, 0) is 104 Å². The largest absolute Gasteiger partial charge is 0.481 e. The second-order valence-electron chi connectivity index (χ2n) is 12.6. The highest BCUT2D eigenvalue weighted by atomic mass is 16.4. The maximum atomic E-state index is 11.3. The van der Waals surface area contributed by atoms with Crippen LogP contribution in [0.5, 0.6) is 0 Å². The van der Waals surface area contributed by atoms with Crippen LogP contribution < -0.4 is 0 Å². The second-order valence-corrected chi connectivity index (χ2v) is 12.6. The Kier molecular flexibility index (Phi) is 6.55. The van der Waals surface area contributed by atoms with E-state index in [4.69, 9.17) is 5.11 Å². The van der Waals surface area contributed by atoms with Crippen LogP contribution in [0.15, 0.2) is 0 Å². The van der Waals surface area contributed by atoms with Crippen LogP contribution in [0.2, 0.25) is 0 Å². The number of carboxylic acid groups (broad SMARTS) is 1. The average Bonchev–Trinajstić information content (AvgIpc) is 3.06. The first kappa shape index (κ1) is 23.5. The number of aliphatic hydroxyl groups excluding tert-OH is 2. The van der Waals surface area contributed by atoms with Gasteiger partial charge in [-0.25, -0.2) is 0 Å². The SMILES string of the molecule is CC(CCC[C@@H](C)[C@H]1CC[C@H]2[C@@H]3[C@@H](O)C[C@@H]4C[C@H](O)CC[C@]4(C)[C@H]3CC[C@]12C)C(=O)O. The van der Waals surface area contributed by atoms with Crippen molar-refractivity contribution in [3.8, 4) is 0 Å². The number of fused-ring (bicyclic) bond motifs is 5. The molecule has 0 bridgehead atoms. The smallest absolute Gasteiger partial charge is 0.306 e. The molecule has 0 radical (unpaired) electrons. The summed E-state index contributed by atoms with van der Waals surface area (Å²) in [6, 6.07) is 0. The van der Waals surface area contributed by atoms with Crippen LogP contribution in [-0.4, -0.2) is 33.5 Å². The third-order valence-electron chi connectivity index (χ3n) is 11.1. The number of carboxylic acids is 1. The number of carbonyl (C=O) groups is 1. The molecule has 0 amide bonds. The second kappa shape index (κ2) is 8.63. The van der Waals surface area contributed by atoms with Gasteiger partial charge in [0.2, 0.25) is 0 Å². The molecule has 4 rings (SSSR count). The zero-order valence-corrected chi connectivity index (χ0v) is 20.2. The minimum atomic E-state index is -0.674. The van der Waals surface area contributed by atoms with Crippen LogP contribution in [0.1, 0.15) is 98.3 Å². The lowest BCUT2D eigenvalue weighted by Crippen LogP contribution is -2.58. The number of aliphatic hydroxyl groups is 2. The van der Waals surface area contributed by atoms with Gasteiger partial charge in [-0.1, -0.05) is 40.5 Å². The number of hydrogen-bond acceptors (Lipinski definition) is 3. The van der Waals surface area contributed by atoms with Crippen molar-refractivity contribution in [2.75, 3.05) is 0 Å². The zero-order chi connectivity index (χ0) is 22.6. The molecule has 4 fully saturated rings. The molecule has 1 unspecified atom stereocenters. The summed E-state index contributed by atoms with van der Waals surface area (Å²) >= 11 is 0. The predicted octanol–water partition coefficient (Wildman–Crippen LogP) is 5.50. The van der Waals surface area contributed by atoms with Gasteiger partial charge in [0.05, 0.1) is 18.1 Å². The number of aliphatic carboxylic acids is 1. The fourth-order valence-electron chi connectivity index (χ4n) is 9.25. The van der Waals surface area contributed by atoms with E-state index in [0.29, 0.717) is 46.3 Å². The first-order valence-electron chi connectivity index (χ1n) is 13.2. The third-order valence-corrected chi connectivity index (χ3v) is 11.1. The topological polar surface area (TPSA) is 77.8 Å². The quantitative estimate of drug-likeness (QED) is 0.515. The maximum Gasteiger partial charge on any atom is 0.306 e. The fraction of sp³-hybridized carbons (Fsp3) is 0.963. The molecule has 0 saturated heterocycles. The van der Waals surface area contributed by atoms with E-state index in [1.54, 1.807) is 0 Å². The maximum absolute atomic E-state index is 11.3. The van der Waals surface area contributed by atoms with Crippen LogP contribution in [-0.2, 0) is 4.79 Å². The number of rotatable bonds is 6. The van der Waals surface area contributed by atoms with Crippen molar-refractivity contribution in [2.45, 2.75) is 111 Å². The van der Waals surface area contributed by atoms with Gasteiger partial charge < -0.3 is 15.3 Å². The normalized spacial score (nSPS) is 48.9. The van der Waals surface area contributed by atoms with Crippen LogP contribution >= 0.6 is 0 Å². The Balaban J connectivity index is 1.46. The lowest BCUT2D eigenvalue weighted by atomic mass is 9.43. The van der Waals surface area contributed by atoms with Crippen molar-refractivity contribution >= 4 is 5.97 Å². The van der Waals surface area contributed by atoms with Gasteiger partial charge in [-0.15, -0.1) is 0 Å². The molecule has 31 heavy (non-hydrogen) atoms. The predicted molar refractivity (Wildman–Crippen MR) is 122 cm³/mol. The van der Waals surface area contributed by atoms with Gasteiger partial charge in [-0.3, -0.25) is 4.79 Å². The molecule has 0 spiro atoms. The molecule has 178 valence electrons. The first-order chi connectivity index (χ1) is 14.6. The highest BCUT2D eigenvalue weighted by Gasteiger charge is 2.62. The van der Waals surface area contributed by atoms with Crippen LogP contribution in [0.25, 0.3) is 0 Å². The lowest BCUT2D eigenvalue weighted by Gasteiger charge is -2.62. The minimum absolute atomic E-state index is 0.170. The van der Waals surface area contributed by atoms with E-state index in [1.807, 2.05) is 6.92 Å². The van der Waals surface area contributed by atoms with Gasteiger partial charge in [0.1, 0.15) is 0 Å². The molecule has 0 heterocycles. The molecular formula is C27H46O4. The summed E-state index contributed by atoms with van der Waals surface area (Å²) < 4.78 is 0. The Morgan fingerprint density at radius 1 is 0.935 bits per heavy atom. The van der Waals surface area contributed by atoms with Gasteiger partial charge in [-0.2, -0.15) is 0 Å². The number of hydrogen-bond donors (Lipinski definition) is 3. The van der Waals surface area contributed by atoms with E-state index in [2.05, 4.69) is 20.8 Å². The molecule has 0 aromatic heterocycles. The van der Waals surface area contributed by atoms with Crippen molar-refractivity contribution < 1.29 is 20.1 Å². The summed E-state index contributed by atoms with van der Waals surface area (Å²) in [6.45, 7) is 9.22. The summed E-state index contributed by atoms with van der Waals surface area (Å²) in [5.41, 5.74) is 0.610. The van der Waals surface area contributed by atoms with Gasteiger partial charge in [0, 0.05) is 0 Å². The van der Waals surface area contributed by atoms with E-state index in [-0.39, 0.29) is 18.1 Å². The van der Waals surface area contributed by atoms with Crippen molar-refractivity contribution in [2.24, 2.45) is 52.3 Å². The van der Waals surface area contributed by atoms with E-state index < -0.39 is 5.97 Å². The molecule has 4 nitrogen and oxygen atoms in total. The van der Waals surface area contributed by atoms with E-state index >= 15 is 0 Å². The summed E-state index contributed by atoms with van der Waals surface area (Å²) in [7, 11) is 0. The molecule has 0 aromatic carbocycles. The third kappa shape index (κ3) is 3.98. The molecule has 0 aromatic rings. The van der Waals surface area contributed by atoms with Crippen LogP contribution in [0, 0.1) is 52.3 Å². The Morgan fingerprint density at radius 2 is 1.61 bits per heavy atom.